The molecule has 4 aromatic carbocycles. The van der Waals surface area contributed by atoms with E-state index in [1.54, 1.807) is 42.5 Å². The number of nitro benzene ring substituents is 1. The number of ether oxygens (including phenoxy) is 1. The number of benzene rings is 4. The van der Waals surface area contributed by atoms with Crippen LogP contribution >= 0.6 is 0 Å². The van der Waals surface area contributed by atoms with E-state index in [1.165, 1.54) is 7.11 Å². The summed E-state index contributed by atoms with van der Waals surface area (Å²) in [6.07, 6.45) is 4.96. The first-order valence-electron chi connectivity index (χ1n) is 12.9. The zero-order chi connectivity index (χ0) is 27.9. The van der Waals surface area contributed by atoms with Gasteiger partial charge in [-0.2, -0.15) is 0 Å². The van der Waals surface area contributed by atoms with E-state index in [0.717, 1.165) is 34.4 Å². The second-order valence-corrected chi connectivity index (χ2v) is 11.6. The highest BCUT2D eigenvalue weighted by Crippen LogP contribution is 2.51. The van der Waals surface area contributed by atoms with Gasteiger partial charge in [0.2, 0.25) is 0 Å². The van der Waals surface area contributed by atoms with E-state index in [-0.39, 0.29) is 34.2 Å². The Morgan fingerprint density at radius 2 is 1.70 bits per heavy atom. The minimum absolute atomic E-state index is 0.0253. The molecule has 40 heavy (non-hydrogen) atoms. The summed E-state index contributed by atoms with van der Waals surface area (Å²) in [5.74, 6) is 0.266. The molecule has 3 atom stereocenters. The van der Waals surface area contributed by atoms with Crippen LogP contribution < -0.4 is 14.8 Å². The van der Waals surface area contributed by atoms with Gasteiger partial charge in [0.05, 0.1) is 23.0 Å². The third kappa shape index (κ3) is 4.69. The molecule has 0 radical (unpaired) electrons. The first-order valence-corrected chi connectivity index (χ1v) is 14.4. The van der Waals surface area contributed by atoms with Gasteiger partial charge < -0.3 is 10.1 Å². The lowest BCUT2D eigenvalue weighted by molar-refractivity contribution is -0.385. The van der Waals surface area contributed by atoms with Crippen molar-refractivity contribution in [3.63, 3.8) is 0 Å². The van der Waals surface area contributed by atoms with Gasteiger partial charge in [-0.15, -0.1) is 0 Å². The highest BCUT2D eigenvalue weighted by molar-refractivity contribution is 7.92. The van der Waals surface area contributed by atoms with Crippen molar-refractivity contribution in [1.82, 2.24) is 0 Å². The Morgan fingerprint density at radius 1 is 0.950 bits per heavy atom. The second kappa shape index (κ2) is 10.2. The Morgan fingerprint density at radius 3 is 2.42 bits per heavy atom. The molecule has 0 saturated carbocycles. The molecule has 0 fully saturated rings. The van der Waals surface area contributed by atoms with E-state index in [2.05, 4.69) is 22.2 Å². The van der Waals surface area contributed by atoms with Crippen LogP contribution in [-0.2, 0) is 10.0 Å². The van der Waals surface area contributed by atoms with Gasteiger partial charge in [0.1, 0.15) is 0 Å². The minimum Gasteiger partial charge on any atom is -0.490 e. The molecule has 4 aromatic rings. The Kier molecular flexibility index (Phi) is 6.51. The lowest BCUT2D eigenvalue weighted by Crippen LogP contribution is -2.29. The number of nitrogens with one attached hydrogen (secondary N) is 2. The molecule has 0 unspecified atom stereocenters. The summed E-state index contributed by atoms with van der Waals surface area (Å²) >= 11 is 0. The minimum atomic E-state index is -3.83. The topological polar surface area (TPSA) is 111 Å². The van der Waals surface area contributed by atoms with Crippen molar-refractivity contribution in [2.45, 2.75) is 23.3 Å². The standard InChI is InChI=1S/C31H27N3O5S/c1-39-30-17-12-22(18-29(30)34(35)36)31-26-9-5-8-25(26)27-19-24(15-16-28(27)32-31)40(37,38)33-23-13-10-21(11-14-23)20-6-3-2-4-7-20/h2-8,10-19,25-26,31-33H,9H2,1H3/t25-,26+,31+/m0/s1. The monoisotopic (exact) mass is 553 g/mol. The van der Waals surface area contributed by atoms with Crippen molar-refractivity contribution in [3.8, 4) is 16.9 Å². The average Bonchev–Trinajstić information content (AvgIpc) is 3.47. The van der Waals surface area contributed by atoms with E-state index >= 15 is 0 Å². The van der Waals surface area contributed by atoms with Gasteiger partial charge >= 0.3 is 5.69 Å². The highest BCUT2D eigenvalue weighted by atomic mass is 32.2. The van der Waals surface area contributed by atoms with Crippen molar-refractivity contribution < 1.29 is 18.1 Å². The fourth-order valence-electron chi connectivity index (χ4n) is 5.69. The number of fused-ring (bicyclic) bond motifs is 3. The molecule has 9 heteroatoms. The summed E-state index contributed by atoms with van der Waals surface area (Å²) in [7, 11) is -2.42. The van der Waals surface area contributed by atoms with Crippen molar-refractivity contribution in [3.05, 3.63) is 124 Å². The summed E-state index contributed by atoms with van der Waals surface area (Å²) in [6.45, 7) is 0. The lowest BCUT2D eigenvalue weighted by Gasteiger charge is -2.37. The van der Waals surface area contributed by atoms with Crippen molar-refractivity contribution in [2.75, 3.05) is 17.1 Å². The Bertz CT molecular complexity index is 1720. The van der Waals surface area contributed by atoms with Gasteiger partial charge in [-0.3, -0.25) is 14.8 Å². The summed E-state index contributed by atoms with van der Waals surface area (Å²) < 4.78 is 34.6. The second-order valence-electron chi connectivity index (χ2n) is 9.96. The number of rotatable bonds is 7. The van der Waals surface area contributed by atoms with Crippen LogP contribution in [0.5, 0.6) is 5.75 Å². The maximum Gasteiger partial charge on any atom is 0.311 e. The number of nitro groups is 1. The molecule has 202 valence electrons. The molecule has 6 rings (SSSR count). The molecular weight excluding hydrogens is 526 g/mol. The zero-order valence-electron chi connectivity index (χ0n) is 21.7. The lowest BCUT2D eigenvalue weighted by atomic mass is 9.77. The maximum atomic E-state index is 13.4. The molecule has 2 aliphatic rings. The van der Waals surface area contributed by atoms with Gasteiger partial charge in [-0.25, -0.2) is 8.42 Å². The predicted molar refractivity (Wildman–Crippen MR) is 155 cm³/mol. The van der Waals surface area contributed by atoms with Crippen molar-refractivity contribution in [2.24, 2.45) is 5.92 Å². The number of sulfonamides is 1. The molecular formula is C31H27N3O5S. The SMILES string of the molecule is COc1ccc([C@H]2Nc3ccc(S(=O)(=O)Nc4ccc(-c5ccccc5)cc4)cc3[C@H]3C=CC[C@H]32)cc1[N+](=O)[O-]. The molecule has 1 aliphatic carbocycles. The summed E-state index contributed by atoms with van der Waals surface area (Å²) in [5.41, 5.74) is 4.94. The van der Waals surface area contributed by atoms with Crippen LogP contribution in [0.1, 0.15) is 29.5 Å². The molecule has 0 saturated heterocycles. The number of hydrogen-bond acceptors (Lipinski definition) is 6. The first kappa shape index (κ1) is 25.6. The molecule has 8 nitrogen and oxygen atoms in total. The third-order valence-electron chi connectivity index (χ3n) is 7.65. The highest BCUT2D eigenvalue weighted by Gasteiger charge is 2.39. The van der Waals surface area contributed by atoms with Gasteiger partial charge in [0, 0.05) is 23.4 Å². The summed E-state index contributed by atoms with van der Waals surface area (Å²) in [5, 5.41) is 15.1. The van der Waals surface area contributed by atoms with E-state index in [1.807, 2.05) is 48.5 Å². The van der Waals surface area contributed by atoms with Gasteiger partial charge in [-0.05, 0) is 71.0 Å². The molecule has 0 aromatic heterocycles. The molecule has 1 heterocycles. The molecule has 2 N–H and O–H groups in total. The Labute approximate surface area is 232 Å². The van der Waals surface area contributed by atoms with Crippen molar-refractivity contribution >= 4 is 27.1 Å². The molecule has 0 amide bonds. The van der Waals surface area contributed by atoms with E-state index in [4.69, 9.17) is 4.74 Å². The quantitative estimate of drug-likeness (QED) is 0.146. The van der Waals surface area contributed by atoms with Crippen LogP contribution in [0.15, 0.2) is 108 Å². The summed E-state index contributed by atoms with van der Waals surface area (Å²) in [6, 6.07) is 27.1. The largest absolute Gasteiger partial charge is 0.490 e. The van der Waals surface area contributed by atoms with Crippen LogP contribution in [0.3, 0.4) is 0 Å². The average molecular weight is 554 g/mol. The van der Waals surface area contributed by atoms with Crippen LogP contribution in [0.25, 0.3) is 11.1 Å². The number of hydrogen-bond donors (Lipinski definition) is 2. The first-order chi connectivity index (χ1) is 19.3. The van der Waals surface area contributed by atoms with Gasteiger partial charge in [-0.1, -0.05) is 60.7 Å². The van der Waals surface area contributed by atoms with E-state index in [0.29, 0.717) is 5.69 Å². The van der Waals surface area contributed by atoms with E-state index < -0.39 is 14.9 Å². The fourth-order valence-corrected chi connectivity index (χ4v) is 6.78. The number of methoxy groups -OCH3 is 1. The maximum absolute atomic E-state index is 13.4. The van der Waals surface area contributed by atoms with Crippen LogP contribution in [0, 0.1) is 16.0 Å². The Hall–Kier alpha value is -4.63. The van der Waals surface area contributed by atoms with Crippen molar-refractivity contribution in [1.29, 1.82) is 0 Å². The van der Waals surface area contributed by atoms with Crippen LogP contribution in [-0.4, -0.2) is 20.5 Å². The number of allylic oxidation sites excluding steroid dienone is 2. The molecule has 0 bridgehead atoms. The van der Waals surface area contributed by atoms with Gasteiger partial charge in [0.25, 0.3) is 10.0 Å². The molecule has 0 spiro atoms. The smallest absolute Gasteiger partial charge is 0.311 e. The number of nitrogens with zero attached hydrogens (tertiary/aromatic N) is 1. The van der Waals surface area contributed by atoms with Crippen LogP contribution in [0.4, 0.5) is 17.1 Å². The van der Waals surface area contributed by atoms with Gasteiger partial charge in [0.15, 0.2) is 5.75 Å². The predicted octanol–water partition coefficient (Wildman–Crippen LogP) is 6.90. The van der Waals surface area contributed by atoms with E-state index in [9.17, 15) is 18.5 Å². The van der Waals surface area contributed by atoms with Crippen LogP contribution in [0.2, 0.25) is 0 Å². The third-order valence-corrected chi connectivity index (χ3v) is 9.03. The Balaban J connectivity index is 1.27. The molecule has 1 aliphatic heterocycles. The number of anilines is 2. The fraction of sp³-hybridized carbons (Fsp3) is 0.161. The zero-order valence-corrected chi connectivity index (χ0v) is 22.5. The normalized spacial score (nSPS) is 19.3. The summed E-state index contributed by atoms with van der Waals surface area (Å²) in [4.78, 5) is 11.4.